The van der Waals surface area contributed by atoms with Crippen LogP contribution >= 0.6 is 11.6 Å². The van der Waals surface area contributed by atoms with Crippen LogP contribution in [0.15, 0.2) is 83.8 Å². The Balaban J connectivity index is 1.58. The van der Waals surface area contributed by atoms with Crippen LogP contribution in [0.5, 0.6) is 5.75 Å². The standard InChI is InChI=1S/C24H23ClN2O4S/c1-2-31-20-7-5-6-19(16-20)17-26-24(28)15-12-18-10-13-21(14-11-18)32(29,30)27-23-9-4-3-8-22(23)25/h3-16,27H,2,17H2,1H3,(H,26,28). The molecule has 166 valence electrons. The first-order valence-electron chi connectivity index (χ1n) is 9.92. The van der Waals surface area contributed by atoms with Gasteiger partial charge in [0, 0.05) is 12.6 Å². The van der Waals surface area contributed by atoms with Gasteiger partial charge in [0.05, 0.1) is 22.2 Å². The normalized spacial score (nSPS) is 11.3. The Hall–Kier alpha value is -3.29. The first kappa shape index (κ1) is 23.4. The summed E-state index contributed by atoms with van der Waals surface area (Å²) in [5, 5.41) is 3.12. The molecule has 3 aromatic rings. The minimum absolute atomic E-state index is 0.0909. The Morgan fingerprint density at radius 2 is 1.78 bits per heavy atom. The van der Waals surface area contributed by atoms with Gasteiger partial charge in [0.15, 0.2) is 0 Å². The van der Waals surface area contributed by atoms with Gasteiger partial charge in [-0.25, -0.2) is 8.42 Å². The Kier molecular flexibility index (Phi) is 7.92. The summed E-state index contributed by atoms with van der Waals surface area (Å²) in [7, 11) is -3.78. The number of amides is 1. The molecule has 0 aliphatic heterocycles. The van der Waals surface area contributed by atoms with Crippen LogP contribution in [0.25, 0.3) is 6.08 Å². The van der Waals surface area contributed by atoms with Crippen molar-refractivity contribution in [3.8, 4) is 5.75 Å². The summed E-state index contributed by atoms with van der Waals surface area (Å²) in [6.07, 6.45) is 3.02. The van der Waals surface area contributed by atoms with Crippen LogP contribution in [0, 0.1) is 0 Å². The minimum Gasteiger partial charge on any atom is -0.494 e. The fourth-order valence-electron chi connectivity index (χ4n) is 2.84. The SMILES string of the molecule is CCOc1cccc(CNC(=O)C=Cc2ccc(S(=O)(=O)Nc3ccccc3Cl)cc2)c1. The molecule has 8 heteroatoms. The molecule has 3 rings (SSSR count). The third-order valence-electron chi connectivity index (χ3n) is 4.41. The molecule has 0 unspecified atom stereocenters. The highest BCUT2D eigenvalue weighted by Crippen LogP contribution is 2.24. The van der Waals surface area contributed by atoms with Gasteiger partial charge in [-0.3, -0.25) is 9.52 Å². The molecule has 0 radical (unpaired) electrons. The highest BCUT2D eigenvalue weighted by molar-refractivity contribution is 7.92. The Bertz CT molecular complexity index is 1210. The smallest absolute Gasteiger partial charge is 0.261 e. The number of halogens is 1. The Labute approximate surface area is 192 Å². The summed E-state index contributed by atoms with van der Waals surface area (Å²) in [6, 6.07) is 20.3. The number of carbonyl (C=O) groups is 1. The van der Waals surface area contributed by atoms with E-state index in [9.17, 15) is 13.2 Å². The van der Waals surface area contributed by atoms with E-state index in [1.165, 1.54) is 18.2 Å². The molecule has 0 aliphatic carbocycles. The van der Waals surface area contributed by atoms with Gasteiger partial charge in [0.2, 0.25) is 5.91 Å². The predicted molar refractivity (Wildman–Crippen MR) is 127 cm³/mol. The van der Waals surface area contributed by atoms with Crippen molar-refractivity contribution in [2.45, 2.75) is 18.4 Å². The van der Waals surface area contributed by atoms with Gasteiger partial charge in [0.1, 0.15) is 5.75 Å². The molecule has 0 bridgehead atoms. The highest BCUT2D eigenvalue weighted by Gasteiger charge is 2.15. The fourth-order valence-corrected chi connectivity index (χ4v) is 4.16. The third kappa shape index (κ3) is 6.60. The van der Waals surface area contributed by atoms with E-state index in [0.717, 1.165) is 11.3 Å². The largest absolute Gasteiger partial charge is 0.494 e. The zero-order chi connectivity index (χ0) is 23.0. The molecule has 0 aliphatic rings. The van der Waals surface area contributed by atoms with Crippen molar-refractivity contribution in [2.75, 3.05) is 11.3 Å². The van der Waals surface area contributed by atoms with Crippen molar-refractivity contribution in [1.82, 2.24) is 5.32 Å². The number of para-hydroxylation sites is 1. The van der Waals surface area contributed by atoms with Crippen LogP contribution in [-0.4, -0.2) is 20.9 Å². The van der Waals surface area contributed by atoms with E-state index in [2.05, 4.69) is 10.0 Å². The van der Waals surface area contributed by atoms with E-state index in [1.54, 1.807) is 42.5 Å². The second kappa shape index (κ2) is 10.8. The Morgan fingerprint density at radius 1 is 1.03 bits per heavy atom. The lowest BCUT2D eigenvalue weighted by Gasteiger charge is -2.09. The summed E-state index contributed by atoms with van der Waals surface area (Å²) < 4.78 is 33.0. The van der Waals surface area contributed by atoms with Gasteiger partial charge in [-0.1, -0.05) is 48.0 Å². The minimum atomic E-state index is -3.78. The fraction of sp³-hybridized carbons (Fsp3) is 0.125. The number of carbonyl (C=O) groups excluding carboxylic acids is 1. The van der Waals surface area contributed by atoms with E-state index in [-0.39, 0.29) is 10.8 Å². The summed E-state index contributed by atoms with van der Waals surface area (Å²) >= 11 is 6.02. The third-order valence-corrected chi connectivity index (χ3v) is 6.12. The van der Waals surface area contributed by atoms with E-state index in [4.69, 9.17) is 16.3 Å². The van der Waals surface area contributed by atoms with Gasteiger partial charge in [-0.15, -0.1) is 0 Å². The van der Waals surface area contributed by atoms with E-state index in [1.807, 2.05) is 31.2 Å². The molecule has 32 heavy (non-hydrogen) atoms. The molecule has 1 amide bonds. The number of rotatable bonds is 9. The zero-order valence-electron chi connectivity index (χ0n) is 17.4. The molecule has 0 aromatic heterocycles. The van der Waals surface area contributed by atoms with Crippen molar-refractivity contribution in [3.63, 3.8) is 0 Å². The number of hydrogen-bond donors (Lipinski definition) is 2. The van der Waals surface area contributed by atoms with Gasteiger partial charge in [0.25, 0.3) is 10.0 Å². The topological polar surface area (TPSA) is 84.5 Å². The summed E-state index contributed by atoms with van der Waals surface area (Å²) in [6.45, 7) is 2.86. The van der Waals surface area contributed by atoms with Crippen molar-refractivity contribution in [2.24, 2.45) is 0 Å². The predicted octanol–water partition coefficient (Wildman–Crippen LogP) is 4.87. The molecule has 2 N–H and O–H groups in total. The van der Waals surface area contributed by atoms with Crippen molar-refractivity contribution < 1.29 is 17.9 Å². The monoisotopic (exact) mass is 470 g/mol. The molecule has 6 nitrogen and oxygen atoms in total. The van der Waals surface area contributed by atoms with Crippen LogP contribution in [-0.2, 0) is 21.4 Å². The lowest BCUT2D eigenvalue weighted by atomic mass is 10.2. The number of ether oxygens (including phenoxy) is 1. The summed E-state index contributed by atoms with van der Waals surface area (Å²) in [4.78, 5) is 12.2. The molecule has 0 saturated heterocycles. The molecular weight excluding hydrogens is 448 g/mol. The number of anilines is 1. The van der Waals surface area contributed by atoms with Crippen molar-refractivity contribution in [1.29, 1.82) is 0 Å². The van der Waals surface area contributed by atoms with E-state index < -0.39 is 10.0 Å². The van der Waals surface area contributed by atoms with Crippen LogP contribution < -0.4 is 14.8 Å². The first-order valence-corrected chi connectivity index (χ1v) is 11.8. The van der Waals surface area contributed by atoms with Gasteiger partial charge in [-0.2, -0.15) is 0 Å². The van der Waals surface area contributed by atoms with Crippen molar-refractivity contribution in [3.05, 3.63) is 95.0 Å². The first-order chi connectivity index (χ1) is 15.4. The maximum atomic E-state index is 12.6. The highest BCUT2D eigenvalue weighted by atomic mass is 35.5. The molecule has 3 aromatic carbocycles. The summed E-state index contributed by atoms with van der Waals surface area (Å²) in [5.74, 6) is 0.498. The summed E-state index contributed by atoms with van der Waals surface area (Å²) in [5.41, 5.74) is 1.93. The zero-order valence-corrected chi connectivity index (χ0v) is 19.0. The molecule has 0 heterocycles. The van der Waals surface area contributed by atoms with Crippen molar-refractivity contribution >= 4 is 39.3 Å². The average Bonchev–Trinajstić information content (AvgIpc) is 2.78. The lowest BCUT2D eigenvalue weighted by Crippen LogP contribution is -2.20. The van der Waals surface area contributed by atoms with Crippen LogP contribution in [0.3, 0.4) is 0 Å². The van der Waals surface area contributed by atoms with Gasteiger partial charge < -0.3 is 10.1 Å². The molecule has 0 spiro atoms. The van der Waals surface area contributed by atoms with Gasteiger partial charge >= 0.3 is 0 Å². The number of hydrogen-bond acceptors (Lipinski definition) is 4. The maximum absolute atomic E-state index is 12.6. The number of nitrogens with one attached hydrogen (secondary N) is 2. The average molecular weight is 471 g/mol. The van der Waals surface area contributed by atoms with E-state index >= 15 is 0 Å². The molecule has 0 atom stereocenters. The second-order valence-electron chi connectivity index (χ2n) is 6.79. The quantitative estimate of drug-likeness (QED) is 0.437. The van der Waals surface area contributed by atoms with Crippen LogP contribution in [0.1, 0.15) is 18.1 Å². The van der Waals surface area contributed by atoms with E-state index in [0.29, 0.717) is 29.4 Å². The molecular formula is C24H23ClN2O4S. The molecule has 0 fully saturated rings. The van der Waals surface area contributed by atoms with Crippen LogP contribution in [0.2, 0.25) is 5.02 Å². The lowest BCUT2D eigenvalue weighted by molar-refractivity contribution is -0.116. The number of sulfonamides is 1. The molecule has 0 saturated carbocycles. The maximum Gasteiger partial charge on any atom is 0.261 e. The van der Waals surface area contributed by atoms with Crippen LogP contribution in [0.4, 0.5) is 5.69 Å². The second-order valence-corrected chi connectivity index (χ2v) is 8.88. The van der Waals surface area contributed by atoms with Gasteiger partial charge in [-0.05, 0) is 60.5 Å². The number of benzene rings is 3. The Morgan fingerprint density at radius 3 is 2.50 bits per heavy atom.